The molecule has 0 fully saturated rings. The number of anilines is 1. The number of hydrogen-bond donors (Lipinski definition) is 2. The van der Waals surface area contributed by atoms with Crippen LogP contribution in [0.2, 0.25) is 0 Å². The number of carbonyl (C=O) groups excluding carboxylic acids is 1. The Morgan fingerprint density at radius 3 is 2.17 bits per heavy atom. The molecule has 0 aliphatic rings. The van der Waals surface area contributed by atoms with Gasteiger partial charge in [-0.15, -0.1) is 0 Å². The van der Waals surface area contributed by atoms with E-state index in [0.29, 0.717) is 11.3 Å². The van der Waals surface area contributed by atoms with E-state index < -0.39 is 10.0 Å². The molecule has 3 aromatic rings. The van der Waals surface area contributed by atoms with Crippen molar-refractivity contribution in [3.8, 4) is 0 Å². The maximum Gasteiger partial charge on any atom is 0.261 e. The van der Waals surface area contributed by atoms with Crippen molar-refractivity contribution in [2.24, 2.45) is 0 Å². The molecule has 6 heteroatoms. The Kier molecular flexibility index (Phi) is 6.03. The van der Waals surface area contributed by atoms with Crippen molar-refractivity contribution < 1.29 is 13.2 Å². The van der Waals surface area contributed by atoms with Crippen molar-refractivity contribution in [3.63, 3.8) is 0 Å². The molecule has 1 atom stereocenters. The summed E-state index contributed by atoms with van der Waals surface area (Å²) >= 11 is 0. The number of amides is 1. The van der Waals surface area contributed by atoms with Crippen LogP contribution in [0, 0.1) is 13.8 Å². The predicted octanol–water partition coefficient (Wildman–Crippen LogP) is 4.60. The molecule has 2 N–H and O–H groups in total. The monoisotopic (exact) mass is 408 g/mol. The average molecular weight is 409 g/mol. The largest absolute Gasteiger partial charge is 0.346 e. The lowest BCUT2D eigenvalue weighted by Gasteiger charge is -2.17. The van der Waals surface area contributed by atoms with Crippen LogP contribution in [0.25, 0.3) is 0 Å². The van der Waals surface area contributed by atoms with E-state index in [0.717, 1.165) is 11.1 Å². The van der Waals surface area contributed by atoms with Gasteiger partial charge in [-0.25, -0.2) is 8.42 Å². The fraction of sp³-hybridized carbons (Fsp3) is 0.174. The third-order valence-corrected chi connectivity index (χ3v) is 6.09. The Morgan fingerprint density at radius 2 is 1.55 bits per heavy atom. The first-order chi connectivity index (χ1) is 13.8. The van der Waals surface area contributed by atoms with E-state index in [2.05, 4.69) is 16.1 Å². The van der Waals surface area contributed by atoms with E-state index in [1.165, 1.54) is 17.7 Å². The lowest BCUT2D eigenvalue weighted by Crippen LogP contribution is -2.27. The molecule has 5 nitrogen and oxygen atoms in total. The topological polar surface area (TPSA) is 75.3 Å². The lowest BCUT2D eigenvalue weighted by molar-refractivity contribution is 0.0940. The normalized spacial score (nSPS) is 12.2. The third-order valence-electron chi connectivity index (χ3n) is 4.69. The molecule has 150 valence electrons. The number of benzene rings is 3. The van der Waals surface area contributed by atoms with Crippen LogP contribution in [-0.4, -0.2) is 14.3 Å². The van der Waals surface area contributed by atoms with Crippen LogP contribution in [0.3, 0.4) is 0 Å². The highest BCUT2D eigenvalue weighted by atomic mass is 32.2. The van der Waals surface area contributed by atoms with Crippen LogP contribution in [0.5, 0.6) is 0 Å². The minimum absolute atomic E-state index is 0.139. The molecule has 0 spiro atoms. The highest BCUT2D eigenvalue weighted by Gasteiger charge is 2.15. The fourth-order valence-corrected chi connectivity index (χ4v) is 4.25. The van der Waals surface area contributed by atoms with E-state index in [9.17, 15) is 13.2 Å². The van der Waals surface area contributed by atoms with Crippen molar-refractivity contribution in [2.75, 3.05) is 4.72 Å². The van der Waals surface area contributed by atoms with Crippen molar-refractivity contribution in [1.29, 1.82) is 0 Å². The van der Waals surface area contributed by atoms with E-state index in [1.807, 2.05) is 32.9 Å². The van der Waals surface area contributed by atoms with Gasteiger partial charge in [0.1, 0.15) is 0 Å². The van der Waals surface area contributed by atoms with Crippen LogP contribution < -0.4 is 10.0 Å². The summed E-state index contributed by atoms with van der Waals surface area (Å²) in [5.74, 6) is -0.213. The zero-order chi connectivity index (χ0) is 21.0. The summed E-state index contributed by atoms with van der Waals surface area (Å²) in [4.78, 5) is 12.8. The molecule has 0 aliphatic heterocycles. The van der Waals surface area contributed by atoms with Gasteiger partial charge in [-0.1, -0.05) is 42.0 Å². The molecule has 29 heavy (non-hydrogen) atoms. The van der Waals surface area contributed by atoms with Crippen LogP contribution in [-0.2, 0) is 10.0 Å². The molecule has 0 aliphatic carbocycles. The number of sulfonamides is 1. The summed E-state index contributed by atoms with van der Waals surface area (Å²) in [7, 11) is -3.66. The molecule has 3 aromatic carbocycles. The second-order valence-corrected chi connectivity index (χ2v) is 8.73. The Balaban J connectivity index is 1.69. The zero-order valence-electron chi connectivity index (χ0n) is 16.6. The molecule has 3 rings (SSSR count). The molecule has 0 bridgehead atoms. The van der Waals surface area contributed by atoms with Crippen LogP contribution in [0.15, 0.2) is 77.7 Å². The summed E-state index contributed by atoms with van der Waals surface area (Å²) in [5.41, 5.74) is 4.23. The molecule has 0 unspecified atom stereocenters. The highest BCUT2D eigenvalue weighted by molar-refractivity contribution is 7.92. The first-order valence-electron chi connectivity index (χ1n) is 9.32. The third kappa shape index (κ3) is 5.03. The van der Waals surface area contributed by atoms with Crippen LogP contribution in [0.4, 0.5) is 5.69 Å². The molecule has 0 saturated carbocycles. The van der Waals surface area contributed by atoms with Crippen molar-refractivity contribution in [2.45, 2.75) is 31.7 Å². The van der Waals surface area contributed by atoms with Crippen molar-refractivity contribution >= 4 is 21.6 Å². The van der Waals surface area contributed by atoms with Gasteiger partial charge in [0.25, 0.3) is 15.9 Å². The fourth-order valence-electron chi connectivity index (χ4n) is 3.17. The van der Waals surface area contributed by atoms with Gasteiger partial charge in [-0.05, 0) is 68.3 Å². The molecule has 0 aromatic heterocycles. The molecular formula is C23H24N2O3S. The second kappa shape index (κ2) is 8.49. The van der Waals surface area contributed by atoms with Gasteiger partial charge >= 0.3 is 0 Å². The summed E-state index contributed by atoms with van der Waals surface area (Å²) in [6.45, 7) is 6.00. The van der Waals surface area contributed by atoms with Gasteiger partial charge in [-0.2, -0.15) is 0 Å². The number of carbonyl (C=O) groups is 1. The van der Waals surface area contributed by atoms with Gasteiger partial charge in [0, 0.05) is 11.3 Å². The molecule has 0 saturated heterocycles. The van der Waals surface area contributed by atoms with Crippen molar-refractivity contribution in [3.05, 3.63) is 95.1 Å². The average Bonchev–Trinajstić information content (AvgIpc) is 2.68. The van der Waals surface area contributed by atoms with Gasteiger partial charge < -0.3 is 5.32 Å². The second-order valence-electron chi connectivity index (χ2n) is 7.05. The highest BCUT2D eigenvalue weighted by Crippen LogP contribution is 2.20. The number of nitrogens with one attached hydrogen (secondary N) is 2. The molecular weight excluding hydrogens is 384 g/mol. The standard InChI is InChI=1S/C23H24N2O3S/c1-16-9-14-22(17(2)15-16)18(3)24-23(26)19-10-12-20(13-11-19)25-29(27,28)21-7-5-4-6-8-21/h4-15,18,25H,1-3H3,(H,24,26)/t18-/m0/s1. The SMILES string of the molecule is Cc1ccc([C@H](C)NC(=O)c2ccc(NS(=O)(=O)c3ccccc3)cc2)c(C)c1. The summed E-state index contributed by atoms with van der Waals surface area (Å²) in [6.07, 6.45) is 0. The Morgan fingerprint density at radius 1 is 0.897 bits per heavy atom. The van der Waals surface area contributed by atoms with Crippen molar-refractivity contribution in [1.82, 2.24) is 5.32 Å². The maximum absolute atomic E-state index is 12.6. The predicted molar refractivity (Wildman–Crippen MR) is 115 cm³/mol. The van der Waals surface area contributed by atoms with E-state index >= 15 is 0 Å². The number of rotatable bonds is 6. The Hall–Kier alpha value is -3.12. The smallest absolute Gasteiger partial charge is 0.261 e. The summed E-state index contributed by atoms with van der Waals surface area (Å²) < 4.78 is 27.3. The molecule has 0 heterocycles. The maximum atomic E-state index is 12.6. The summed E-state index contributed by atoms with van der Waals surface area (Å²) in [6, 6.07) is 20.5. The van der Waals surface area contributed by atoms with Gasteiger partial charge in [-0.3, -0.25) is 9.52 Å². The number of hydrogen-bond acceptors (Lipinski definition) is 3. The quantitative estimate of drug-likeness (QED) is 0.626. The van der Waals surface area contributed by atoms with E-state index in [1.54, 1.807) is 42.5 Å². The van der Waals surface area contributed by atoms with Gasteiger partial charge in [0.05, 0.1) is 10.9 Å². The summed E-state index contributed by atoms with van der Waals surface area (Å²) in [5, 5.41) is 2.99. The zero-order valence-corrected chi connectivity index (χ0v) is 17.5. The van der Waals surface area contributed by atoms with Gasteiger partial charge in [0.2, 0.25) is 0 Å². The lowest BCUT2D eigenvalue weighted by atomic mass is 10.00. The van der Waals surface area contributed by atoms with Gasteiger partial charge in [0.15, 0.2) is 0 Å². The first kappa shape index (κ1) is 20.6. The first-order valence-corrected chi connectivity index (χ1v) is 10.8. The van der Waals surface area contributed by atoms with Crippen LogP contribution >= 0.6 is 0 Å². The minimum atomic E-state index is -3.66. The molecule has 1 amide bonds. The van der Waals surface area contributed by atoms with Crippen LogP contribution in [0.1, 0.15) is 40.0 Å². The Labute approximate surface area is 171 Å². The number of aryl methyl sites for hydroxylation is 2. The van der Waals surface area contributed by atoms with E-state index in [-0.39, 0.29) is 16.8 Å². The van der Waals surface area contributed by atoms with E-state index in [4.69, 9.17) is 0 Å². The Bertz CT molecular complexity index is 1110. The molecule has 0 radical (unpaired) electrons. The minimum Gasteiger partial charge on any atom is -0.346 e.